The number of anilines is 1. The minimum absolute atomic E-state index is 0.803. The molecule has 0 amide bonds. The second-order valence-corrected chi connectivity index (χ2v) is 5.29. The maximum atomic E-state index is 4.48. The Morgan fingerprint density at radius 2 is 1.84 bits per heavy atom. The highest BCUT2D eigenvalue weighted by Crippen LogP contribution is 2.24. The lowest BCUT2D eigenvalue weighted by atomic mass is 10.1. The fraction of sp³-hybridized carbons (Fsp3) is 0.0625. The molecule has 0 unspecified atom stereocenters. The van der Waals surface area contributed by atoms with E-state index in [9.17, 15) is 0 Å². The molecule has 2 aromatic carbocycles. The molecular formula is C16H13BrN2. The Morgan fingerprint density at radius 3 is 2.68 bits per heavy atom. The number of nitrogens with one attached hydrogen (secondary N) is 1. The molecule has 3 rings (SSSR count). The second kappa shape index (κ2) is 5.41. The summed E-state index contributed by atoms with van der Waals surface area (Å²) in [6.45, 7) is 0.803. The van der Waals surface area contributed by atoms with E-state index in [1.54, 1.807) is 0 Å². The van der Waals surface area contributed by atoms with E-state index in [-0.39, 0.29) is 0 Å². The molecule has 0 spiro atoms. The number of fused-ring (bicyclic) bond motifs is 1. The first-order valence-electron chi connectivity index (χ1n) is 6.15. The molecule has 0 aliphatic carbocycles. The van der Waals surface area contributed by atoms with Crippen LogP contribution in [0.2, 0.25) is 0 Å². The van der Waals surface area contributed by atoms with E-state index in [1.807, 2.05) is 18.3 Å². The Kier molecular flexibility index (Phi) is 3.47. The van der Waals surface area contributed by atoms with Gasteiger partial charge in [-0.3, -0.25) is 4.98 Å². The van der Waals surface area contributed by atoms with Gasteiger partial charge in [0.2, 0.25) is 0 Å². The van der Waals surface area contributed by atoms with Crippen LogP contribution < -0.4 is 5.32 Å². The largest absolute Gasteiger partial charge is 0.379 e. The maximum absolute atomic E-state index is 4.48. The molecule has 3 heteroatoms. The normalized spacial score (nSPS) is 10.6. The van der Waals surface area contributed by atoms with Crippen molar-refractivity contribution in [2.45, 2.75) is 6.54 Å². The average molecular weight is 313 g/mol. The van der Waals surface area contributed by atoms with Crippen molar-refractivity contribution in [3.05, 3.63) is 70.8 Å². The Bertz CT molecular complexity index is 695. The van der Waals surface area contributed by atoms with Gasteiger partial charge in [-0.15, -0.1) is 0 Å². The van der Waals surface area contributed by atoms with Gasteiger partial charge in [0.05, 0.1) is 11.2 Å². The number of nitrogens with zero attached hydrogens (tertiary/aromatic N) is 1. The third kappa shape index (κ3) is 2.76. The van der Waals surface area contributed by atoms with Gasteiger partial charge in [0.1, 0.15) is 0 Å². The third-order valence-corrected chi connectivity index (χ3v) is 3.44. The van der Waals surface area contributed by atoms with E-state index < -0.39 is 0 Å². The molecule has 0 atom stereocenters. The monoisotopic (exact) mass is 312 g/mol. The van der Waals surface area contributed by atoms with Gasteiger partial charge in [0.15, 0.2) is 0 Å². The maximum Gasteiger partial charge on any atom is 0.0934 e. The van der Waals surface area contributed by atoms with Crippen molar-refractivity contribution in [1.82, 2.24) is 4.98 Å². The summed E-state index contributed by atoms with van der Waals surface area (Å²) in [5, 5.41) is 4.58. The third-order valence-electron chi connectivity index (χ3n) is 3.00. The predicted molar refractivity (Wildman–Crippen MR) is 83.2 cm³/mol. The lowest BCUT2D eigenvalue weighted by molar-refractivity contribution is 1.15. The van der Waals surface area contributed by atoms with Crippen molar-refractivity contribution in [2.75, 3.05) is 5.32 Å². The predicted octanol–water partition coefficient (Wildman–Crippen LogP) is 4.61. The minimum Gasteiger partial charge on any atom is -0.379 e. The molecule has 1 heterocycles. The molecule has 1 aromatic heterocycles. The van der Waals surface area contributed by atoms with E-state index in [1.165, 1.54) is 5.56 Å². The molecule has 1 N–H and O–H groups in total. The Morgan fingerprint density at radius 1 is 1.00 bits per heavy atom. The number of aromatic nitrogens is 1. The van der Waals surface area contributed by atoms with Crippen LogP contribution in [0, 0.1) is 0 Å². The van der Waals surface area contributed by atoms with Gasteiger partial charge in [-0.05, 0) is 33.6 Å². The lowest BCUT2D eigenvalue weighted by Crippen LogP contribution is -2.00. The van der Waals surface area contributed by atoms with E-state index in [0.717, 1.165) is 27.6 Å². The summed E-state index contributed by atoms with van der Waals surface area (Å²) in [7, 11) is 0. The van der Waals surface area contributed by atoms with Crippen LogP contribution in [0.1, 0.15) is 5.56 Å². The first kappa shape index (κ1) is 12.2. The van der Waals surface area contributed by atoms with Gasteiger partial charge in [-0.1, -0.05) is 42.5 Å². The molecular weight excluding hydrogens is 300 g/mol. The summed E-state index contributed by atoms with van der Waals surface area (Å²) in [5.74, 6) is 0. The van der Waals surface area contributed by atoms with Gasteiger partial charge in [-0.2, -0.15) is 0 Å². The number of halogens is 1. The van der Waals surface area contributed by atoms with Crippen LogP contribution in [0.3, 0.4) is 0 Å². The quantitative estimate of drug-likeness (QED) is 0.764. The Labute approximate surface area is 120 Å². The SMILES string of the molecule is Brc1cnc2c(NCc3ccccc3)cccc2c1. The van der Waals surface area contributed by atoms with Crippen LogP contribution in [0.4, 0.5) is 5.69 Å². The molecule has 0 aliphatic rings. The van der Waals surface area contributed by atoms with Gasteiger partial charge in [0.25, 0.3) is 0 Å². The van der Waals surface area contributed by atoms with Crippen LogP contribution in [-0.2, 0) is 6.54 Å². The fourth-order valence-corrected chi connectivity index (χ4v) is 2.42. The molecule has 94 valence electrons. The van der Waals surface area contributed by atoms with Crippen LogP contribution in [0.15, 0.2) is 65.3 Å². The molecule has 3 aromatic rings. The number of benzene rings is 2. The van der Waals surface area contributed by atoms with Gasteiger partial charge < -0.3 is 5.32 Å². The molecule has 19 heavy (non-hydrogen) atoms. The van der Waals surface area contributed by atoms with Gasteiger partial charge in [0, 0.05) is 22.6 Å². The summed E-state index contributed by atoms with van der Waals surface area (Å²) in [6.07, 6.45) is 1.83. The number of pyridine rings is 1. The molecule has 0 saturated heterocycles. The van der Waals surface area contributed by atoms with Crippen LogP contribution in [0.25, 0.3) is 10.9 Å². The first-order valence-corrected chi connectivity index (χ1v) is 6.94. The summed E-state index contributed by atoms with van der Waals surface area (Å²) in [5.41, 5.74) is 3.33. The zero-order chi connectivity index (χ0) is 13.1. The zero-order valence-corrected chi connectivity index (χ0v) is 11.9. The molecule has 0 saturated carbocycles. The van der Waals surface area contributed by atoms with E-state index in [2.05, 4.69) is 68.7 Å². The summed E-state index contributed by atoms with van der Waals surface area (Å²) < 4.78 is 1.00. The fourth-order valence-electron chi connectivity index (χ4n) is 2.07. The van der Waals surface area contributed by atoms with Gasteiger partial charge in [-0.25, -0.2) is 0 Å². The van der Waals surface area contributed by atoms with E-state index in [0.29, 0.717) is 0 Å². The zero-order valence-electron chi connectivity index (χ0n) is 10.3. The summed E-state index contributed by atoms with van der Waals surface area (Å²) in [6, 6.07) is 18.6. The highest BCUT2D eigenvalue weighted by molar-refractivity contribution is 9.10. The Balaban J connectivity index is 1.89. The van der Waals surface area contributed by atoms with Crippen LogP contribution in [-0.4, -0.2) is 4.98 Å². The number of rotatable bonds is 3. The lowest BCUT2D eigenvalue weighted by Gasteiger charge is -2.09. The first-order chi connectivity index (χ1) is 9.33. The highest BCUT2D eigenvalue weighted by Gasteiger charge is 2.02. The second-order valence-electron chi connectivity index (χ2n) is 4.37. The number of para-hydroxylation sites is 1. The summed E-state index contributed by atoms with van der Waals surface area (Å²) >= 11 is 3.45. The molecule has 2 nitrogen and oxygen atoms in total. The van der Waals surface area contributed by atoms with E-state index in [4.69, 9.17) is 0 Å². The number of hydrogen-bond donors (Lipinski definition) is 1. The van der Waals surface area contributed by atoms with Crippen molar-refractivity contribution in [2.24, 2.45) is 0 Å². The molecule has 0 radical (unpaired) electrons. The van der Waals surface area contributed by atoms with Crippen molar-refractivity contribution < 1.29 is 0 Å². The van der Waals surface area contributed by atoms with Crippen molar-refractivity contribution in [1.29, 1.82) is 0 Å². The molecule has 0 bridgehead atoms. The highest BCUT2D eigenvalue weighted by atomic mass is 79.9. The average Bonchev–Trinajstić information content (AvgIpc) is 2.45. The van der Waals surface area contributed by atoms with Crippen molar-refractivity contribution >= 4 is 32.5 Å². The molecule has 0 aliphatic heterocycles. The minimum atomic E-state index is 0.803. The Hall–Kier alpha value is -1.87. The smallest absolute Gasteiger partial charge is 0.0934 e. The van der Waals surface area contributed by atoms with Gasteiger partial charge >= 0.3 is 0 Å². The standard InChI is InChI=1S/C16H13BrN2/c17-14-9-13-7-4-8-15(16(13)19-11-14)18-10-12-5-2-1-3-6-12/h1-9,11,18H,10H2. The van der Waals surface area contributed by atoms with Crippen molar-refractivity contribution in [3.8, 4) is 0 Å². The topological polar surface area (TPSA) is 24.9 Å². The molecule has 0 fully saturated rings. The van der Waals surface area contributed by atoms with Crippen LogP contribution >= 0.6 is 15.9 Å². The van der Waals surface area contributed by atoms with Crippen molar-refractivity contribution in [3.63, 3.8) is 0 Å². The van der Waals surface area contributed by atoms with E-state index >= 15 is 0 Å². The van der Waals surface area contributed by atoms with Crippen LogP contribution in [0.5, 0.6) is 0 Å². The number of hydrogen-bond acceptors (Lipinski definition) is 2. The summed E-state index contributed by atoms with van der Waals surface area (Å²) in [4.78, 5) is 4.48.